The zero-order valence-electron chi connectivity index (χ0n) is 11.7. The smallest absolute Gasteiger partial charge is 0.234 e. The molecule has 0 aliphatic heterocycles. The second-order valence-corrected chi connectivity index (χ2v) is 6.40. The van der Waals surface area contributed by atoms with Gasteiger partial charge in [0.15, 0.2) is 0 Å². The highest BCUT2D eigenvalue weighted by molar-refractivity contribution is 6.35. The summed E-state index contributed by atoms with van der Waals surface area (Å²) in [7, 11) is 0. The number of hydrogen-bond acceptors (Lipinski definition) is 2. The maximum atomic E-state index is 11.8. The van der Waals surface area contributed by atoms with E-state index in [2.05, 4.69) is 10.6 Å². The van der Waals surface area contributed by atoms with Gasteiger partial charge in [-0.25, -0.2) is 0 Å². The molecule has 2 N–H and O–H groups in total. The summed E-state index contributed by atoms with van der Waals surface area (Å²) in [5.41, 5.74) is 0.772. The van der Waals surface area contributed by atoms with Crippen LogP contribution in [0.1, 0.15) is 39.3 Å². The van der Waals surface area contributed by atoms with Gasteiger partial charge >= 0.3 is 0 Å². The summed E-state index contributed by atoms with van der Waals surface area (Å²) >= 11 is 12.0. The highest BCUT2D eigenvalue weighted by Gasteiger charge is 2.15. The molecule has 3 nitrogen and oxygen atoms in total. The van der Waals surface area contributed by atoms with Gasteiger partial charge in [0.1, 0.15) is 0 Å². The third-order valence-electron chi connectivity index (χ3n) is 2.59. The Kier molecular flexibility index (Phi) is 5.65. The van der Waals surface area contributed by atoms with Crippen molar-refractivity contribution in [3.63, 3.8) is 0 Å². The first kappa shape index (κ1) is 16.3. The SMILES string of the molecule is C[C@@H](NC(=O)CNC(C)(C)C)c1ccc(Cl)cc1Cl. The summed E-state index contributed by atoms with van der Waals surface area (Å²) in [6.45, 7) is 8.21. The monoisotopic (exact) mass is 302 g/mol. The molecule has 0 fully saturated rings. The molecule has 5 heteroatoms. The van der Waals surface area contributed by atoms with Crippen LogP contribution < -0.4 is 10.6 Å². The average Bonchev–Trinajstić information content (AvgIpc) is 2.25. The van der Waals surface area contributed by atoms with Crippen LogP contribution in [0.25, 0.3) is 0 Å². The lowest BCUT2D eigenvalue weighted by Crippen LogP contribution is -2.43. The fraction of sp³-hybridized carbons (Fsp3) is 0.500. The molecule has 0 aliphatic rings. The number of amides is 1. The molecule has 1 aromatic rings. The Morgan fingerprint density at radius 3 is 2.47 bits per heavy atom. The lowest BCUT2D eigenvalue weighted by molar-refractivity contribution is -0.121. The zero-order chi connectivity index (χ0) is 14.6. The maximum Gasteiger partial charge on any atom is 0.234 e. The van der Waals surface area contributed by atoms with Crippen molar-refractivity contribution in [3.8, 4) is 0 Å². The minimum atomic E-state index is -0.154. The van der Waals surface area contributed by atoms with Crippen molar-refractivity contribution in [3.05, 3.63) is 33.8 Å². The Balaban J connectivity index is 2.59. The molecular formula is C14H20Cl2N2O. The lowest BCUT2D eigenvalue weighted by Gasteiger charge is -2.21. The molecule has 0 spiro atoms. The summed E-state index contributed by atoms with van der Waals surface area (Å²) in [4.78, 5) is 11.8. The minimum absolute atomic E-state index is 0.0616. The van der Waals surface area contributed by atoms with Crippen molar-refractivity contribution in [2.75, 3.05) is 6.54 Å². The van der Waals surface area contributed by atoms with Crippen LogP contribution in [-0.2, 0) is 4.79 Å². The predicted molar refractivity (Wildman–Crippen MR) is 80.8 cm³/mol. The topological polar surface area (TPSA) is 41.1 Å². The van der Waals surface area contributed by atoms with Gasteiger partial charge in [0.25, 0.3) is 0 Å². The van der Waals surface area contributed by atoms with Gasteiger partial charge in [0.05, 0.1) is 12.6 Å². The number of nitrogens with one attached hydrogen (secondary N) is 2. The fourth-order valence-corrected chi connectivity index (χ4v) is 2.14. The van der Waals surface area contributed by atoms with E-state index in [1.54, 1.807) is 12.1 Å². The molecule has 0 saturated carbocycles. The van der Waals surface area contributed by atoms with Gasteiger partial charge in [-0.3, -0.25) is 4.79 Å². The van der Waals surface area contributed by atoms with E-state index in [0.717, 1.165) is 5.56 Å². The lowest BCUT2D eigenvalue weighted by atomic mass is 10.1. The van der Waals surface area contributed by atoms with Crippen LogP contribution in [0.4, 0.5) is 0 Å². The van der Waals surface area contributed by atoms with Crippen LogP contribution in [0.15, 0.2) is 18.2 Å². The molecule has 1 amide bonds. The molecule has 0 bridgehead atoms. The van der Waals surface area contributed by atoms with Crippen molar-refractivity contribution in [1.82, 2.24) is 10.6 Å². The second kappa shape index (κ2) is 6.60. The fourth-order valence-electron chi connectivity index (χ4n) is 1.57. The van der Waals surface area contributed by atoms with Crippen LogP contribution in [-0.4, -0.2) is 18.0 Å². The third-order valence-corrected chi connectivity index (χ3v) is 3.15. The molecular weight excluding hydrogens is 283 g/mol. The Bertz CT molecular complexity index is 455. The number of hydrogen-bond donors (Lipinski definition) is 2. The highest BCUT2D eigenvalue weighted by Crippen LogP contribution is 2.25. The molecule has 1 atom stereocenters. The molecule has 1 aromatic carbocycles. The first-order valence-corrected chi connectivity index (χ1v) is 6.94. The summed E-state index contributed by atoms with van der Waals surface area (Å²) in [6, 6.07) is 5.11. The molecule has 106 valence electrons. The van der Waals surface area contributed by atoms with E-state index in [1.807, 2.05) is 33.8 Å². The highest BCUT2D eigenvalue weighted by atomic mass is 35.5. The van der Waals surface area contributed by atoms with E-state index in [1.165, 1.54) is 0 Å². The van der Waals surface area contributed by atoms with E-state index in [0.29, 0.717) is 10.0 Å². The number of carbonyl (C=O) groups excluding carboxylic acids is 1. The van der Waals surface area contributed by atoms with Crippen LogP contribution >= 0.6 is 23.2 Å². The normalized spacial score (nSPS) is 13.2. The van der Waals surface area contributed by atoms with E-state index < -0.39 is 0 Å². The predicted octanol–water partition coefficient (Wildman–Crippen LogP) is 3.56. The summed E-state index contributed by atoms with van der Waals surface area (Å²) in [6.07, 6.45) is 0. The number of halogens is 2. The van der Waals surface area contributed by atoms with Gasteiger partial charge in [-0.1, -0.05) is 29.3 Å². The van der Waals surface area contributed by atoms with Gasteiger partial charge in [-0.05, 0) is 45.4 Å². The first-order valence-electron chi connectivity index (χ1n) is 6.18. The second-order valence-electron chi connectivity index (χ2n) is 5.56. The number of rotatable bonds is 4. The first-order chi connectivity index (χ1) is 8.69. The van der Waals surface area contributed by atoms with Crippen molar-refractivity contribution in [1.29, 1.82) is 0 Å². The number of carbonyl (C=O) groups is 1. The van der Waals surface area contributed by atoms with Gasteiger partial charge < -0.3 is 10.6 Å². The van der Waals surface area contributed by atoms with Crippen molar-refractivity contribution in [2.45, 2.75) is 39.3 Å². The standard InChI is InChI=1S/C14H20Cl2N2O/c1-9(11-6-5-10(15)7-12(11)16)18-13(19)8-17-14(2,3)4/h5-7,9,17H,8H2,1-4H3,(H,18,19)/t9-/m1/s1. The Morgan fingerprint density at radius 2 is 1.95 bits per heavy atom. The van der Waals surface area contributed by atoms with Crippen LogP contribution in [0.5, 0.6) is 0 Å². The Morgan fingerprint density at radius 1 is 1.32 bits per heavy atom. The largest absolute Gasteiger partial charge is 0.348 e. The van der Waals surface area contributed by atoms with Crippen molar-refractivity contribution < 1.29 is 4.79 Å². The van der Waals surface area contributed by atoms with Gasteiger partial charge in [-0.2, -0.15) is 0 Å². The minimum Gasteiger partial charge on any atom is -0.348 e. The zero-order valence-corrected chi connectivity index (χ0v) is 13.2. The molecule has 0 saturated heterocycles. The van der Waals surface area contributed by atoms with Gasteiger partial charge in [0.2, 0.25) is 5.91 Å². The molecule has 0 unspecified atom stereocenters. The molecule has 0 aliphatic carbocycles. The summed E-state index contributed by atoms with van der Waals surface area (Å²) in [5, 5.41) is 7.18. The van der Waals surface area contributed by atoms with Crippen LogP contribution in [0, 0.1) is 0 Å². The molecule has 0 heterocycles. The number of benzene rings is 1. The van der Waals surface area contributed by atoms with E-state index in [4.69, 9.17) is 23.2 Å². The third kappa shape index (κ3) is 5.81. The van der Waals surface area contributed by atoms with E-state index in [9.17, 15) is 4.79 Å². The van der Waals surface area contributed by atoms with E-state index >= 15 is 0 Å². The Labute approximate surface area is 124 Å². The summed E-state index contributed by atoms with van der Waals surface area (Å²) in [5.74, 6) is -0.0616. The maximum absolute atomic E-state index is 11.8. The molecule has 0 radical (unpaired) electrons. The van der Waals surface area contributed by atoms with E-state index in [-0.39, 0.29) is 24.0 Å². The van der Waals surface area contributed by atoms with Crippen molar-refractivity contribution >= 4 is 29.1 Å². The molecule has 1 rings (SSSR count). The quantitative estimate of drug-likeness (QED) is 0.893. The van der Waals surface area contributed by atoms with Crippen LogP contribution in [0.3, 0.4) is 0 Å². The van der Waals surface area contributed by atoms with Gasteiger partial charge in [0, 0.05) is 15.6 Å². The van der Waals surface area contributed by atoms with Gasteiger partial charge in [-0.15, -0.1) is 0 Å². The van der Waals surface area contributed by atoms with Crippen molar-refractivity contribution in [2.24, 2.45) is 0 Å². The molecule has 19 heavy (non-hydrogen) atoms. The van der Waals surface area contributed by atoms with Crippen LogP contribution in [0.2, 0.25) is 10.0 Å². The average molecular weight is 303 g/mol. The summed E-state index contributed by atoms with van der Waals surface area (Å²) < 4.78 is 0. The Hall–Kier alpha value is -0.770. The molecule has 0 aromatic heterocycles.